The van der Waals surface area contributed by atoms with Crippen LogP contribution in [-0.4, -0.2) is 7.11 Å². The molecule has 0 saturated carbocycles. The highest BCUT2D eigenvalue weighted by Gasteiger charge is 2.09. The van der Waals surface area contributed by atoms with Crippen molar-refractivity contribution in [3.05, 3.63) is 11.4 Å². The first kappa shape index (κ1) is 6.94. The fraction of sp³-hybridized carbons (Fsp3) is 0.143. The molecule has 0 spiro atoms. The number of anilines is 1. The molecule has 0 fully saturated rings. The van der Waals surface area contributed by atoms with Gasteiger partial charge in [-0.15, -0.1) is 22.7 Å². The molecule has 58 valence electrons. The Bertz CT molecular complexity index is 377. The van der Waals surface area contributed by atoms with Crippen LogP contribution in [-0.2, 0) is 0 Å². The van der Waals surface area contributed by atoms with Gasteiger partial charge in [0.25, 0.3) is 0 Å². The maximum atomic E-state index is 5.71. The topological polar surface area (TPSA) is 35.2 Å². The molecule has 0 aliphatic carbocycles. The van der Waals surface area contributed by atoms with E-state index in [2.05, 4.69) is 6.07 Å². The lowest BCUT2D eigenvalue weighted by molar-refractivity contribution is 0.424. The van der Waals surface area contributed by atoms with Crippen molar-refractivity contribution in [2.45, 2.75) is 0 Å². The molecule has 4 heteroatoms. The molecule has 0 atom stereocenters. The van der Waals surface area contributed by atoms with Crippen molar-refractivity contribution < 1.29 is 4.74 Å². The van der Waals surface area contributed by atoms with E-state index in [1.807, 2.05) is 5.38 Å². The molecular weight excluding hydrogens is 178 g/mol. The van der Waals surface area contributed by atoms with Crippen molar-refractivity contribution in [3.8, 4) is 5.75 Å². The van der Waals surface area contributed by atoms with Gasteiger partial charge in [0.1, 0.15) is 5.00 Å². The molecule has 11 heavy (non-hydrogen) atoms. The number of hydrogen-bond donors (Lipinski definition) is 1. The van der Waals surface area contributed by atoms with Gasteiger partial charge in [0.15, 0.2) is 5.75 Å². The highest BCUT2D eigenvalue weighted by Crippen LogP contribution is 2.42. The minimum Gasteiger partial charge on any atom is -0.492 e. The summed E-state index contributed by atoms with van der Waals surface area (Å²) in [4.78, 5) is 0. The molecule has 2 N–H and O–H groups in total. The number of nitrogen functional groups attached to an aromatic ring is 1. The van der Waals surface area contributed by atoms with Crippen LogP contribution in [0.25, 0.3) is 9.40 Å². The Hall–Kier alpha value is -0.740. The quantitative estimate of drug-likeness (QED) is 0.741. The molecule has 0 aromatic carbocycles. The highest BCUT2D eigenvalue weighted by atomic mass is 32.1. The van der Waals surface area contributed by atoms with Crippen LogP contribution in [0, 0.1) is 0 Å². The van der Waals surface area contributed by atoms with Crippen LogP contribution in [0.15, 0.2) is 11.4 Å². The predicted molar refractivity (Wildman–Crippen MR) is 50.7 cm³/mol. The van der Waals surface area contributed by atoms with Crippen LogP contribution in [0.5, 0.6) is 5.75 Å². The van der Waals surface area contributed by atoms with Gasteiger partial charge in [0.05, 0.1) is 16.5 Å². The van der Waals surface area contributed by atoms with Crippen LogP contribution in [0.3, 0.4) is 0 Å². The number of nitrogens with two attached hydrogens (primary N) is 1. The van der Waals surface area contributed by atoms with E-state index in [1.54, 1.807) is 29.8 Å². The number of rotatable bonds is 1. The second-order valence-corrected chi connectivity index (χ2v) is 4.11. The molecule has 0 unspecified atom stereocenters. The fourth-order valence-electron chi connectivity index (χ4n) is 1.01. The van der Waals surface area contributed by atoms with Crippen LogP contribution >= 0.6 is 22.7 Å². The average molecular weight is 185 g/mol. The van der Waals surface area contributed by atoms with Crippen molar-refractivity contribution in [3.63, 3.8) is 0 Å². The smallest absolute Gasteiger partial charge is 0.170 e. The third kappa shape index (κ3) is 0.902. The van der Waals surface area contributed by atoms with E-state index in [0.29, 0.717) is 0 Å². The summed E-state index contributed by atoms with van der Waals surface area (Å²) in [5, 5.41) is 2.82. The Morgan fingerprint density at radius 1 is 1.55 bits per heavy atom. The van der Waals surface area contributed by atoms with E-state index in [-0.39, 0.29) is 0 Å². The van der Waals surface area contributed by atoms with E-state index < -0.39 is 0 Å². The van der Waals surface area contributed by atoms with Gasteiger partial charge in [-0.05, 0) is 11.4 Å². The first-order valence-electron chi connectivity index (χ1n) is 3.12. The Morgan fingerprint density at radius 3 is 3.09 bits per heavy atom. The number of fused-ring (bicyclic) bond motifs is 1. The Morgan fingerprint density at radius 2 is 2.36 bits per heavy atom. The molecule has 0 aliphatic rings. The summed E-state index contributed by atoms with van der Waals surface area (Å²) >= 11 is 3.24. The van der Waals surface area contributed by atoms with Crippen LogP contribution in [0.2, 0.25) is 0 Å². The lowest BCUT2D eigenvalue weighted by atomic mass is 10.5. The number of ether oxygens (including phenoxy) is 1. The minimum atomic E-state index is 0.773. The zero-order valence-corrected chi connectivity index (χ0v) is 7.59. The highest BCUT2D eigenvalue weighted by molar-refractivity contribution is 7.29. The van der Waals surface area contributed by atoms with Crippen molar-refractivity contribution >= 4 is 37.1 Å². The molecule has 0 radical (unpaired) electrons. The zero-order valence-electron chi connectivity index (χ0n) is 5.96. The van der Waals surface area contributed by atoms with E-state index in [0.717, 1.165) is 15.5 Å². The maximum absolute atomic E-state index is 5.71. The molecule has 2 aromatic rings. The third-order valence-electron chi connectivity index (χ3n) is 1.48. The van der Waals surface area contributed by atoms with Gasteiger partial charge in [-0.2, -0.15) is 0 Å². The second kappa shape index (κ2) is 2.39. The molecule has 0 amide bonds. The van der Waals surface area contributed by atoms with Gasteiger partial charge in [-0.3, -0.25) is 0 Å². The van der Waals surface area contributed by atoms with E-state index in [9.17, 15) is 0 Å². The molecule has 0 aliphatic heterocycles. The predicted octanol–water partition coefficient (Wildman–Crippen LogP) is 2.55. The zero-order chi connectivity index (χ0) is 7.84. The van der Waals surface area contributed by atoms with Gasteiger partial charge < -0.3 is 10.5 Å². The largest absolute Gasteiger partial charge is 0.492 e. The minimum absolute atomic E-state index is 0.773. The third-order valence-corrected chi connectivity index (χ3v) is 3.49. The lowest BCUT2D eigenvalue weighted by Gasteiger charge is -1.94. The molecule has 2 nitrogen and oxygen atoms in total. The van der Waals surface area contributed by atoms with Crippen molar-refractivity contribution in [2.75, 3.05) is 12.8 Å². The molecule has 0 saturated heterocycles. The molecule has 2 rings (SSSR count). The summed E-state index contributed by atoms with van der Waals surface area (Å²) < 4.78 is 7.53. The van der Waals surface area contributed by atoms with Gasteiger partial charge in [0, 0.05) is 0 Å². The number of hydrogen-bond acceptors (Lipinski definition) is 4. The van der Waals surface area contributed by atoms with Crippen molar-refractivity contribution in [2.24, 2.45) is 0 Å². The summed E-state index contributed by atoms with van der Waals surface area (Å²) in [6.45, 7) is 0. The first-order chi connectivity index (χ1) is 5.33. The van der Waals surface area contributed by atoms with Crippen LogP contribution in [0.1, 0.15) is 0 Å². The van der Waals surface area contributed by atoms with Crippen LogP contribution in [0.4, 0.5) is 5.00 Å². The molecule has 2 heterocycles. The lowest BCUT2D eigenvalue weighted by Crippen LogP contribution is -1.85. The first-order valence-corrected chi connectivity index (χ1v) is 4.82. The monoisotopic (exact) mass is 185 g/mol. The SMILES string of the molecule is COc1c(N)sc2ccsc12. The Kier molecular flexibility index (Phi) is 1.51. The normalized spacial score (nSPS) is 10.6. The molecule has 0 bridgehead atoms. The summed E-state index contributed by atoms with van der Waals surface area (Å²) in [5.74, 6) is 0.833. The summed E-state index contributed by atoms with van der Waals surface area (Å²) in [6, 6.07) is 2.06. The van der Waals surface area contributed by atoms with E-state index in [1.165, 1.54) is 4.70 Å². The Labute approximate surface area is 72.2 Å². The summed E-state index contributed by atoms with van der Waals surface area (Å²) in [5.41, 5.74) is 5.71. The average Bonchev–Trinajstić information content (AvgIpc) is 2.46. The standard InChI is InChI=1S/C7H7NOS2/c1-9-5-6-4(2-3-10-6)11-7(5)8/h2-3H,8H2,1H3. The van der Waals surface area contributed by atoms with Crippen LogP contribution < -0.4 is 10.5 Å². The van der Waals surface area contributed by atoms with E-state index >= 15 is 0 Å². The van der Waals surface area contributed by atoms with Crippen molar-refractivity contribution in [1.82, 2.24) is 0 Å². The summed E-state index contributed by atoms with van der Waals surface area (Å²) in [7, 11) is 1.65. The molecular formula is C7H7NOS2. The fourth-order valence-corrected chi connectivity index (χ4v) is 3.09. The number of thiophene rings is 2. The second-order valence-electron chi connectivity index (χ2n) is 2.11. The van der Waals surface area contributed by atoms with E-state index in [4.69, 9.17) is 10.5 Å². The molecule has 2 aromatic heterocycles. The maximum Gasteiger partial charge on any atom is 0.170 e. The van der Waals surface area contributed by atoms with Crippen molar-refractivity contribution in [1.29, 1.82) is 0 Å². The van der Waals surface area contributed by atoms with Gasteiger partial charge in [-0.25, -0.2) is 0 Å². The van der Waals surface area contributed by atoms with Gasteiger partial charge >= 0.3 is 0 Å². The Balaban J connectivity index is 2.80. The number of methoxy groups -OCH3 is 1. The van der Waals surface area contributed by atoms with Gasteiger partial charge in [0.2, 0.25) is 0 Å². The van der Waals surface area contributed by atoms with Gasteiger partial charge in [-0.1, -0.05) is 0 Å². The summed E-state index contributed by atoms with van der Waals surface area (Å²) in [6.07, 6.45) is 0.